The third kappa shape index (κ3) is 1.80. The van der Waals surface area contributed by atoms with E-state index >= 15 is 0 Å². The second kappa shape index (κ2) is 3.76. The lowest BCUT2D eigenvalue weighted by molar-refractivity contribution is 0.464. The standard InChI is InChI=1S/C11H12ClNO2/c1-6(5-13)8-4-10-7(2-9(8)14)3-11(12)15-10/h2-4,6,14H,5,13H2,1H3. The molecule has 0 aliphatic carbocycles. The molecule has 1 aromatic carbocycles. The molecule has 0 spiro atoms. The summed E-state index contributed by atoms with van der Waals surface area (Å²) in [7, 11) is 0. The summed E-state index contributed by atoms with van der Waals surface area (Å²) in [6.07, 6.45) is 0. The summed E-state index contributed by atoms with van der Waals surface area (Å²) >= 11 is 5.73. The molecular weight excluding hydrogens is 214 g/mol. The van der Waals surface area contributed by atoms with Crippen LogP contribution < -0.4 is 5.73 Å². The minimum atomic E-state index is 0.0956. The van der Waals surface area contributed by atoms with Crippen molar-refractivity contribution >= 4 is 22.6 Å². The SMILES string of the molecule is CC(CN)c1cc2oc(Cl)cc2cc1O. The highest BCUT2D eigenvalue weighted by Crippen LogP contribution is 2.32. The van der Waals surface area contributed by atoms with Gasteiger partial charge >= 0.3 is 0 Å². The Hall–Kier alpha value is -1.19. The van der Waals surface area contributed by atoms with Gasteiger partial charge in [-0.1, -0.05) is 6.92 Å². The van der Waals surface area contributed by atoms with Gasteiger partial charge in [0.2, 0.25) is 0 Å². The molecule has 2 rings (SSSR count). The van der Waals surface area contributed by atoms with Gasteiger partial charge < -0.3 is 15.3 Å². The maximum atomic E-state index is 9.78. The van der Waals surface area contributed by atoms with Crippen molar-refractivity contribution in [3.05, 3.63) is 29.0 Å². The van der Waals surface area contributed by atoms with Crippen molar-refractivity contribution in [2.45, 2.75) is 12.8 Å². The van der Waals surface area contributed by atoms with Crippen molar-refractivity contribution in [2.24, 2.45) is 5.73 Å². The van der Waals surface area contributed by atoms with Crippen LogP contribution in [0.15, 0.2) is 22.6 Å². The van der Waals surface area contributed by atoms with Gasteiger partial charge in [-0.25, -0.2) is 0 Å². The van der Waals surface area contributed by atoms with Gasteiger partial charge in [-0.15, -0.1) is 0 Å². The molecule has 0 amide bonds. The molecule has 3 nitrogen and oxygen atoms in total. The van der Waals surface area contributed by atoms with E-state index in [9.17, 15) is 5.11 Å². The van der Waals surface area contributed by atoms with Gasteiger partial charge in [-0.2, -0.15) is 0 Å². The summed E-state index contributed by atoms with van der Waals surface area (Å²) < 4.78 is 5.27. The Balaban J connectivity index is 2.60. The van der Waals surface area contributed by atoms with E-state index in [4.69, 9.17) is 21.8 Å². The number of halogens is 1. The van der Waals surface area contributed by atoms with Crippen LogP contribution in [-0.4, -0.2) is 11.7 Å². The first-order chi connectivity index (χ1) is 7.11. The Labute approximate surface area is 92.4 Å². The summed E-state index contributed by atoms with van der Waals surface area (Å²) in [6, 6.07) is 5.10. The predicted molar refractivity (Wildman–Crippen MR) is 60.4 cm³/mol. The largest absolute Gasteiger partial charge is 0.508 e. The number of furan rings is 1. The molecule has 1 unspecified atom stereocenters. The summed E-state index contributed by atoms with van der Waals surface area (Å²) in [5, 5.41) is 10.9. The van der Waals surface area contributed by atoms with E-state index in [1.807, 2.05) is 6.92 Å². The second-order valence-corrected chi connectivity index (χ2v) is 4.01. The predicted octanol–water partition coefficient (Wildman–Crippen LogP) is 2.85. The van der Waals surface area contributed by atoms with Gasteiger partial charge in [0.15, 0.2) is 5.22 Å². The van der Waals surface area contributed by atoms with E-state index in [0.29, 0.717) is 17.3 Å². The molecule has 80 valence electrons. The summed E-state index contributed by atoms with van der Waals surface area (Å²) in [5.74, 6) is 0.330. The van der Waals surface area contributed by atoms with Crippen LogP contribution in [-0.2, 0) is 0 Å². The first-order valence-corrected chi connectivity index (χ1v) is 5.11. The lowest BCUT2D eigenvalue weighted by Gasteiger charge is -2.10. The zero-order chi connectivity index (χ0) is 11.0. The zero-order valence-corrected chi connectivity index (χ0v) is 9.08. The first kappa shape index (κ1) is 10.3. The van der Waals surface area contributed by atoms with Gasteiger partial charge in [0.05, 0.1) is 0 Å². The fourth-order valence-corrected chi connectivity index (χ4v) is 1.78. The van der Waals surface area contributed by atoms with E-state index in [1.54, 1.807) is 18.2 Å². The quantitative estimate of drug-likeness (QED) is 0.826. The number of benzene rings is 1. The Morgan fingerprint density at radius 2 is 2.20 bits per heavy atom. The molecule has 0 aliphatic heterocycles. The van der Waals surface area contributed by atoms with Crippen molar-refractivity contribution in [3.8, 4) is 5.75 Å². The number of rotatable bonds is 2. The lowest BCUT2D eigenvalue weighted by Crippen LogP contribution is -2.08. The Kier molecular flexibility index (Phi) is 2.59. The van der Waals surface area contributed by atoms with Crippen molar-refractivity contribution < 1.29 is 9.52 Å². The Morgan fingerprint density at radius 3 is 2.87 bits per heavy atom. The molecule has 0 radical (unpaired) electrons. The highest BCUT2D eigenvalue weighted by Gasteiger charge is 2.12. The summed E-state index contributed by atoms with van der Waals surface area (Å²) in [6.45, 7) is 2.43. The number of aromatic hydroxyl groups is 1. The highest BCUT2D eigenvalue weighted by molar-refractivity contribution is 6.29. The number of hydrogen-bond donors (Lipinski definition) is 2. The van der Waals surface area contributed by atoms with Crippen LogP contribution in [0.3, 0.4) is 0 Å². The number of nitrogens with two attached hydrogens (primary N) is 1. The van der Waals surface area contributed by atoms with Gasteiger partial charge in [0.1, 0.15) is 11.3 Å². The fourth-order valence-electron chi connectivity index (χ4n) is 1.58. The number of fused-ring (bicyclic) bond motifs is 1. The molecule has 0 saturated heterocycles. The normalized spacial score (nSPS) is 13.3. The van der Waals surface area contributed by atoms with Crippen LogP contribution in [0.25, 0.3) is 11.0 Å². The maximum absolute atomic E-state index is 9.78. The van der Waals surface area contributed by atoms with E-state index in [2.05, 4.69) is 0 Å². The fraction of sp³-hybridized carbons (Fsp3) is 0.273. The first-order valence-electron chi connectivity index (χ1n) is 4.74. The average Bonchev–Trinajstić information content (AvgIpc) is 2.55. The third-order valence-electron chi connectivity index (χ3n) is 2.52. The molecule has 4 heteroatoms. The van der Waals surface area contributed by atoms with Crippen LogP contribution in [0, 0.1) is 0 Å². The van der Waals surface area contributed by atoms with E-state index in [1.165, 1.54) is 0 Å². The Morgan fingerprint density at radius 1 is 1.47 bits per heavy atom. The van der Waals surface area contributed by atoms with E-state index in [-0.39, 0.29) is 11.7 Å². The van der Waals surface area contributed by atoms with Crippen molar-refractivity contribution in [2.75, 3.05) is 6.54 Å². The molecule has 1 aromatic heterocycles. The average molecular weight is 226 g/mol. The number of phenolic OH excluding ortho intramolecular Hbond substituents is 1. The minimum absolute atomic E-state index is 0.0956. The van der Waals surface area contributed by atoms with Gasteiger partial charge in [-0.05, 0) is 36.2 Å². The van der Waals surface area contributed by atoms with Gasteiger partial charge in [0.25, 0.3) is 0 Å². The van der Waals surface area contributed by atoms with Crippen LogP contribution >= 0.6 is 11.6 Å². The topological polar surface area (TPSA) is 59.4 Å². The molecule has 3 N–H and O–H groups in total. The molecule has 0 fully saturated rings. The van der Waals surface area contributed by atoms with E-state index < -0.39 is 0 Å². The van der Waals surface area contributed by atoms with Gasteiger partial charge in [-0.3, -0.25) is 0 Å². The molecule has 1 atom stereocenters. The monoisotopic (exact) mass is 225 g/mol. The molecular formula is C11H12ClNO2. The van der Waals surface area contributed by atoms with Crippen LogP contribution in [0.1, 0.15) is 18.4 Å². The number of hydrogen-bond acceptors (Lipinski definition) is 3. The Bertz CT molecular complexity index is 493. The van der Waals surface area contributed by atoms with Crippen LogP contribution in [0.4, 0.5) is 0 Å². The molecule has 1 heterocycles. The second-order valence-electron chi connectivity index (χ2n) is 3.64. The molecule has 2 aromatic rings. The lowest BCUT2D eigenvalue weighted by atomic mass is 9.99. The van der Waals surface area contributed by atoms with Crippen molar-refractivity contribution in [1.29, 1.82) is 0 Å². The van der Waals surface area contributed by atoms with Crippen LogP contribution in [0.2, 0.25) is 5.22 Å². The summed E-state index contributed by atoms with van der Waals surface area (Å²) in [5.41, 5.74) is 7.02. The summed E-state index contributed by atoms with van der Waals surface area (Å²) in [4.78, 5) is 0. The van der Waals surface area contributed by atoms with Crippen LogP contribution in [0.5, 0.6) is 5.75 Å². The minimum Gasteiger partial charge on any atom is -0.508 e. The third-order valence-corrected chi connectivity index (χ3v) is 2.71. The number of phenols is 1. The molecule has 0 aliphatic rings. The van der Waals surface area contributed by atoms with E-state index in [0.717, 1.165) is 10.9 Å². The smallest absolute Gasteiger partial charge is 0.194 e. The zero-order valence-electron chi connectivity index (χ0n) is 8.33. The van der Waals surface area contributed by atoms with Crippen molar-refractivity contribution in [1.82, 2.24) is 0 Å². The molecule has 0 bridgehead atoms. The maximum Gasteiger partial charge on any atom is 0.194 e. The molecule has 0 saturated carbocycles. The van der Waals surface area contributed by atoms with Crippen molar-refractivity contribution in [3.63, 3.8) is 0 Å². The molecule has 15 heavy (non-hydrogen) atoms. The highest BCUT2D eigenvalue weighted by atomic mass is 35.5. The van der Waals surface area contributed by atoms with Gasteiger partial charge in [0, 0.05) is 17.0 Å².